The summed E-state index contributed by atoms with van der Waals surface area (Å²) in [6.45, 7) is 7.22. The highest BCUT2D eigenvalue weighted by molar-refractivity contribution is 5.91. The van der Waals surface area contributed by atoms with Crippen molar-refractivity contribution in [2.45, 2.75) is 19.8 Å². The molecule has 30 heavy (non-hydrogen) atoms. The van der Waals surface area contributed by atoms with Crippen LogP contribution in [0.2, 0.25) is 0 Å². The van der Waals surface area contributed by atoms with Gasteiger partial charge in [-0.2, -0.15) is 0 Å². The van der Waals surface area contributed by atoms with E-state index in [1.807, 2.05) is 6.92 Å². The predicted octanol–water partition coefficient (Wildman–Crippen LogP) is 1.18. The Morgan fingerprint density at radius 1 is 0.933 bits per heavy atom. The van der Waals surface area contributed by atoms with Crippen LogP contribution in [0, 0.1) is 0 Å². The van der Waals surface area contributed by atoms with Crippen LogP contribution in [0.25, 0.3) is 0 Å². The molecule has 9 heteroatoms. The van der Waals surface area contributed by atoms with E-state index in [1.165, 1.54) is 21.3 Å². The van der Waals surface area contributed by atoms with Gasteiger partial charge >= 0.3 is 0 Å². The Morgan fingerprint density at radius 3 is 2.07 bits per heavy atom. The van der Waals surface area contributed by atoms with Crippen LogP contribution >= 0.6 is 0 Å². The van der Waals surface area contributed by atoms with Crippen LogP contribution in [0.3, 0.4) is 0 Å². The molecular formula is C21H34N4O5. The first-order valence-corrected chi connectivity index (χ1v) is 10.3. The molecule has 0 aliphatic carbocycles. The molecule has 1 aromatic rings. The zero-order valence-corrected chi connectivity index (χ0v) is 18.5. The number of nitrogens with zero attached hydrogens (tertiary/aromatic N) is 2. The van der Waals surface area contributed by atoms with Crippen LogP contribution in [-0.4, -0.2) is 88.8 Å². The van der Waals surface area contributed by atoms with Gasteiger partial charge in [0.25, 0.3) is 0 Å². The van der Waals surface area contributed by atoms with Gasteiger partial charge in [-0.1, -0.05) is 6.92 Å². The van der Waals surface area contributed by atoms with E-state index >= 15 is 0 Å². The summed E-state index contributed by atoms with van der Waals surface area (Å²) in [5, 5.41) is 5.80. The van der Waals surface area contributed by atoms with E-state index in [4.69, 9.17) is 14.2 Å². The van der Waals surface area contributed by atoms with Crippen molar-refractivity contribution in [3.8, 4) is 17.2 Å². The molecule has 1 aliphatic heterocycles. The van der Waals surface area contributed by atoms with Gasteiger partial charge in [0.2, 0.25) is 17.6 Å². The average Bonchev–Trinajstić information content (AvgIpc) is 2.76. The molecule has 1 heterocycles. The summed E-state index contributed by atoms with van der Waals surface area (Å²) >= 11 is 0. The molecule has 1 saturated heterocycles. The third-order valence-electron chi connectivity index (χ3n) is 5.01. The largest absolute Gasteiger partial charge is 0.493 e. The van der Waals surface area contributed by atoms with Gasteiger partial charge in [0, 0.05) is 63.5 Å². The molecule has 0 saturated carbocycles. The van der Waals surface area contributed by atoms with E-state index < -0.39 is 0 Å². The van der Waals surface area contributed by atoms with E-state index in [0.29, 0.717) is 42.4 Å². The zero-order valence-electron chi connectivity index (χ0n) is 18.5. The topological polar surface area (TPSA) is 92.4 Å². The number of rotatable bonds is 11. The minimum atomic E-state index is -0.0781. The molecule has 2 rings (SSSR count). The minimum Gasteiger partial charge on any atom is -0.493 e. The van der Waals surface area contributed by atoms with Crippen LogP contribution in [-0.2, 0) is 9.59 Å². The van der Waals surface area contributed by atoms with Gasteiger partial charge in [0.15, 0.2) is 11.5 Å². The van der Waals surface area contributed by atoms with Gasteiger partial charge in [-0.25, -0.2) is 0 Å². The Morgan fingerprint density at radius 2 is 1.53 bits per heavy atom. The van der Waals surface area contributed by atoms with E-state index in [1.54, 1.807) is 12.1 Å². The van der Waals surface area contributed by atoms with Crippen molar-refractivity contribution in [3.05, 3.63) is 12.1 Å². The Kier molecular flexibility index (Phi) is 9.69. The van der Waals surface area contributed by atoms with Gasteiger partial charge in [-0.15, -0.1) is 0 Å². The molecule has 0 bridgehead atoms. The zero-order chi connectivity index (χ0) is 21.9. The van der Waals surface area contributed by atoms with E-state index in [0.717, 1.165) is 39.1 Å². The van der Waals surface area contributed by atoms with Crippen LogP contribution in [0.15, 0.2) is 12.1 Å². The smallest absolute Gasteiger partial charge is 0.234 e. The van der Waals surface area contributed by atoms with Crippen molar-refractivity contribution in [2.75, 3.05) is 72.5 Å². The van der Waals surface area contributed by atoms with Crippen molar-refractivity contribution in [1.29, 1.82) is 0 Å². The number of carbonyl (C=O) groups is 2. The third-order valence-corrected chi connectivity index (χ3v) is 5.01. The normalized spacial score (nSPS) is 14.8. The highest BCUT2D eigenvalue weighted by atomic mass is 16.5. The van der Waals surface area contributed by atoms with Gasteiger partial charge in [-0.3, -0.25) is 14.5 Å². The van der Waals surface area contributed by atoms with E-state index in [9.17, 15) is 9.59 Å². The second kappa shape index (κ2) is 12.2. The number of methoxy groups -OCH3 is 3. The van der Waals surface area contributed by atoms with Gasteiger partial charge in [0.05, 0.1) is 27.9 Å². The lowest BCUT2D eigenvalue weighted by Crippen LogP contribution is -2.49. The first kappa shape index (κ1) is 23.8. The van der Waals surface area contributed by atoms with E-state index in [2.05, 4.69) is 20.4 Å². The molecule has 0 aromatic heterocycles. The Bertz CT molecular complexity index is 680. The molecule has 0 spiro atoms. The summed E-state index contributed by atoms with van der Waals surface area (Å²) in [5.41, 5.74) is 0.595. The quantitative estimate of drug-likeness (QED) is 0.553. The lowest BCUT2D eigenvalue weighted by atomic mass is 10.2. The summed E-state index contributed by atoms with van der Waals surface area (Å²) < 4.78 is 15.9. The monoisotopic (exact) mass is 422 g/mol. The maximum absolute atomic E-state index is 12.4. The van der Waals surface area contributed by atoms with Gasteiger partial charge in [-0.05, 0) is 6.42 Å². The van der Waals surface area contributed by atoms with Gasteiger partial charge < -0.3 is 29.7 Å². The fourth-order valence-electron chi connectivity index (χ4n) is 3.33. The lowest BCUT2D eigenvalue weighted by molar-refractivity contribution is -0.122. The molecule has 2 N–H and O–H groups in total. The molecule has 9 nitrogen and oxygen atoms in total. The van der Waals surface area contributed by atoms with E-state index in [-0.39, 0.29) is 11.8 Å². The summed E-state index contributed by atoms with van der Waals surface area (Å²) in [6, 6.07) is 3.42. The summed E-state index contributed by atoms with van der Waals surface area (Å²) in [4.78, 5) is 28.6. The summed E-state index contributed by atoms with van der Waals surface area (Å²) in [7, 11) is 4.61. The number of nitrogens with one attached hydrogen (secondary N) is 2. The molecule has 0 radical (unpaired) electrons. The first-order chi connectivity index (χ1) is 14.5. The van der Waals surface area contributed by atoms with Crippen molar-refractivity contribution in [1.82, 2.24) is 15.1 Å². The molecular weight excluding hydrogens is 388 g/mol. The van der Waals surface area contributed by atoms with Crippen LogP contribution in [0.5, 0.6) is 17.2 Å². The molecule has 1 aromatic carbocycles. The number of anilines is 1. The summed E-state index contributed by atoms with van der Waals surface area (Å²) in [5.74, 6) is 1.47. The predicted molar refractivity (Wildman–Crippen MR) is 116 cm³/mol. The second-order valence-corrected chi connectivity index (χ2v) is 7.18. The average molecular weight is 423 g/mol. The van der Waals surface area contributed by atoms with Crippen LogP contribution in [0.4, 0.5) is 5.69 Å². The molecule has 1 aliphatic rings. The molecule has 0 atom stereocenters. The second-order valence-electron chi connectivity index (χ2n) is 7.18. The number of carbonyl (C=O) groups excluding carboxylic acids is 2. The number of benzene rings is 1. The fraction of sp³-hybridized carbons (Fsp3) is 0.619. The minimum absolute atomic E-state index is 0.0781. The fourth-order valence-corrected chi connectivity index (χ4v) is 3.33. The van der Waals surface area contributed by atoms with Crippen LogP contribution in [0.1, 0.15) is 19.8 Å². The highest BCUT2D eigenvalue weighted by Crippen LogP contribution is 2.39. The van der Waals surface area contributed by atoms with Crippen molar-refractivity contribution >= 4 is 17.5 Å². The SMILES string of the molecule is CCCNC(=O)CN1CCN(CCC(=O)Nc2cc(OC)c(OC)c(OC)c2)CC1. The molecule has 0 unspecified atom stereocenters. The standard InChI is InChI=1S/C21H34N4O5/c1-5-7-22-20(27)15-25-11-9-24(10-12-25)8-6-19(26)23-16-13-17(28-2)21(30-4)18(14-16)29-3/h13-14H,5-12,15H2,1-4H3,(H,22,27)(H,23,26). The third kappa shape index (κ3) is 7.07. The number of amides is 2. The highest BCUT2D eigenvalue weighted by Gasteiger charge is 2.20. The Hall–Kier alpha value is -2.52. The number of piperazine rings is 1. The molecule has 168 valence electrons. The number of hydrogen-bond donors (Lipinski definition) is 2. The maximum atomic E-state index is 12.4. The van der Waals surface area contributed by atoms with Crippen molar-refractivity contribution in [2.24, 2.45) is 0 Å². The first-order valence-electron chi connectivity index (χ1n) is 10.3. The Labute approximate surface area is 178 Å². The lowest BCUT2D eigenvalue weighted by Gasteiger charge is -2.34. The Balaban J connectivity index is 1.77. The molecule has 1 fully saturated rings. The number of ether oxygens (including phenoxy) is 3. The molecule has 2 amide bonds. The van der Waals surface area contributed by atoms with Crippen LogP contribution < -0.4 is 24.8 Å². The van der Waals surface area contributed by atoms with Gasteiger partial charge in [0.1, 0.15) is 0 Å². The van der Waals surface area contributed by atoms with Crippen molar-refractivity contribution in [3.63, 3.8) is 0 Å². The number of hydrogen-bond acceptors (Lipinski definition) is 7. The maximum Gasteiger partial charge on any atom is 0.234 e. The van der Waals surface area contributed by atoms with Crippen molar-refractivity contribution < 1.29 is 23.8 Å². The summed E-state index contributed by atoms with van der Waals surface area (Å²) in [6.07, 6.45) is 1.32.